The molecule has 0 unspecified atom stereocenters. The molecule has 4 rings (SSSR count). The average Bonchev–Trinajstić information content (AvgIpc) is 3.18. The molecule has 6 heteroatoms. The predicted molar refractivity (Wildman–Crippen MR) is 115 cm³/mol. The van der Waals surface area contributed by atoms with Gasteiger partial charge in [-0.3, -0.25) is 9.48 Å². The van der Waals surface area contributed by atoms with Crippen LogP contribution in [0.3, 0.4) is 0 Å². The van der Waals surface area contributed by atoms with Crippen molar-refractivity contribution in [3.05, 3.63) is 66.4 Å². The maximum Gasteiger partial charge on any atom is 0.248 e. The van der Waals surface area contributed by atoms with Crippen molar-refractivity contribution in [1.29, 1.82) is 0 Å². The van der Waals surface area contributed by atoms with E-state index in [-0.39, 0.29) is 12.5 Å². The van der Waals surface area contributed by atoms with Crippen molar-refractivity contribution in [3.8, 4) is 11.1 Å². The maximum absolute atomic E-state index is 12.8. The van der Waals surface area contributed by atoms with E-state index in [0.29, 0.717) is 13.2 Å². The number of morpholine rings is 1. The van der Waals surface area contributed by atoms with Crippen LogP contribution < -0.4 is 9.80 Å². The SMILES string of the molecule is Cc1ccc(-c2cn(CC(=O)N(C)c3ccccc3)nc2N2CCOCC2)cc1. The number of aryl methyl sites for hydroxylation is 1. The van der Waals surface area contributed by atoms with Crippen LogP contribution >= 0.6 is 0 Å². The lowest BCUT2D eigenvalue weighted by atomic mass is 10.1. The van der Waals surface area contributed by atoms with E-state index in [1.807, 2.05) is 36.5 Å². The molecule has 0 atom stereocenters. The van der Waals surface area contributed by atoms with Crippen LogP contribution in [0.4, 0.5) is 11.5 Å². The number of hydrogen-bond acceptors (Lipinski definition) is 4. The quantitative estimate of drug-likeness (QED) is 0.670. The van der Waals surface area contributed by atoms with Gasteiger partial charge in [-0.25, -0.2) is 0 Å². The van der Waals surface area contributed by atoms with Crippen LogP contribution in [-0.4, -0.2) is 49.0 Å². The van der Waals surface area contributed by atoms with E-state index < -0.39 is 0 Å². The van der Waals surface area contributed by atoms with Gasteiger partial charge in [0.1, 0.15) is 6.54 Å². The number of likely N-dealkylation sites (N-methyl/N-ethyl adjacent to an activating group) is 1. The number of carbonyl (C=O) groups excluding carboxylic acids is 1. The molecular weight excluding hydrogens is 364 g/mol. The van der Waals surface area contributed by atoms with E-state index in [1.165, 1.54) is 5.56 Å². The molecule has 6 nitrogen and oxygen atoms in total. The average molecular weight is 390 g/mol. The third-order valence-corrected chi connectivity index (χ3v) is 5.23. The summed E-state index contributed by atoms with van der Waals surface area (Å²) in [4.78, 5) is 16.7. The highest BCUT2D eigenvalue weighted by Gasteiger charge is 2.21. The van der Waals surface area contributed by atoms with Gasteiger partial charge in [-0.1, -0.05) is 48.0 Å². The molecule has 29 heavy (non-hydrogen) atoms. The minimum absolute atomic E-state index is 0.0114. The van der Waals surface area contributed by atoms with Crippen LogP contribution in [0, 0.1) is 6.92 Å². The van der Waals surface area contributed by atoms with Gasteiger partial charge in [-0.15, -0.1) is 0 Å². The van der Waals surface area contributed by atoms with Crippen LogP contribution in [0.25, 0.3) is 11.1 Å². The number of rotatable bonds is 5. The number of hydrogen-bond donors (Lipinski definition) is 0. The molecule has 1 saturated heterocycles. The van der Waals surface area contributed by atoms with Gasteiger partial charge in [0, 0.05) is 37.6 Å². The molecule has 0 aliphatic carbocycles. The van der Waals surface area contributed by atoms with Crippen LogP contribution in [0.5, 0.6) is 0 Å². The van der Waals surface area contributed by atoms with Gasteiger partial charge in [0.2, 0.25) is 5.91 Å². The van der Waals surface area contributed by atoms with E-state index in [1.54, 1.807) is 16.6 Å². The summed E-state index contributed by atoms with van der Waals surface area (Å²) in [6.45, 7) is 5.25. The first kappa shape index (κ1) is 19.2. The summed E-state index contributed by atoms with van der Waals surface area (Å²) >= 11 is 0. The molecule has 3 aromatic rings. The molecule has 2 heterocycles. The highest BCUT2D eigenvalue weighted by molar-refractivity contribution is 5.92. The molecule has 1 fully saturated rings. The molecule has 1 aromatic heterocycles. The molecule has 2 aromatic carbocycles. The van der Waals surface area contributed by atoms with Crippen molar-refractivity contribution in [3.63, 3.8) is 0 Å². The van der Waals surface area contributed by atoms with Crippen LogP contribution in [0.1, 0.15) is 5.56 Å². The topological polar surface area (TPSA) is 50.6 Å². The molecule has 0 radical (unpaired) electrons. The van der Waals surface area contributed by atoms with Gasteiger partial charge < -0.3 is 14.5 Å². The summed E-state index contributed by atoms with van der Waals surface area (Å²) in [6, 6.07) is 18.1. The fraction of sp³-hybridized carbons (Fsp3) is 0.304. The zero-order valence-electron chi connectivity index (χ0n) is 16.9. The van der Waals surface area contributed by atoms with Crippen molar-refractivity contribution in [2.24, 2.45) is 0 Å². The third-order valence-electron chi connectivity index (χ3n) is 5.23. The molecule has 0 saturated carbocycles. The van der Waals surface area contributed by atoms with Crippen molar-refractivity contribution in [2.75, 3.05) is 43.2 Å². The first-order valence-electron chi connectivity index (χ1n) is 9.90. The summed E-state index contributed by atoms with van der Waals surface area (Å²) in [5.74, 6) is 0.898. The Hall–Kier alpha value is -3.12. The fourth-order valence-electron chi connectivity index (χ4n) is 3.48. The lowest BCUT2D eigenvalue weighted by Gasteiger charge is -2.27. The number of ether oxygens (including phenoxy) is 1. The second-order valence-electron chi connectivity index (χ2n) is 7.32. The van der Waals surface area contributed by atoms with Crippen molar-refractivity contribution >= 4 is 17.4 Å². The standard InChI is InChI=1S/C23H26N4O2/c1-18-8-10-19(11-9-18)21-16-27(24-23(21)26-12-14-29-15-13-26)17-22(28)25(2)20-6-4-3-5-7-20/h3-11,16H,12-15,17H2,1-2H3. The molecule has 0 spiro atoms. The number of aromatic nitrogens is 2. The number of carbonyl (C=O) groups is 1. The zero-order chi connectivity index (χ0) is 20.2. The molecule has 1 amide bonds. The van der Waals surface area contributed by atoms with Gasteiger partial charge in [0.05, 0.1) is 13.2 Å². The van der Waals surface area contributed by atoms with Crippen molar-refractivity contribution in [1.82, 2.24) is 9.78 Å². The van der Waals surface area contributed by atoms with Gasteiger partial charge in [-0.05, 0) is 24.6 Å². The second kappa shape index (κ2) is 8.49. The summed E-state index contributed by atoms with van der Waals surface area (Å²) < 4.78 is 7.25. The Morgan fingerprint density at radius 1 is 1.07 bits per heavy atom. The number of nitrogens with zero attached hydrogens (tertiary/aromatic N) is 4. The smallest absolute Gasteiger partial charge is 0.248 e. The van der Waals surface area contributed by atoms with E-state index >= 15 is 0 Å². The Morgan fingerprint density at radius 2 is 1.76 bits per heavy atom. The Balaban J connectivity index is 1.62. The number of para-hydroxylation sites is 1. The molecule has 0 bridgehead atoms. The summed E-state index contributed by atoms with van der Waals surface area (Å²) in [6.07, 6.45) is 1.98. The van der Waals surface area contributed by atoms with Crippen molar-refractivity contribution < 1.29 is 9.53 Å². The van der Waals surface area contributed by atoms with E-state index in [0.717, 1.165) is 35.7 Å². The van der Waals surface area contributed by atoms with Crippen LogP contribution in [0.15, 0.2) is 60.8 Å². The second-order valence-corrected chi connectivity index (χ2v) is 7.32. The van der Waals surface area contributed by atoms with Gasteiger partial charge in [0.15, 0.2) is 5.82 Å². The first-order chi connectivity index (χ1) is 14.1. The first-order valence-corrected chi connectivity index (χ1v) is 9.90. The highest BCUT2D eigenvalue weighted by atomic mass is 16.5. The number of amides is 1. The maximum atomic E-state index is 12.8. The summed E-state index contributed by atoms with van der Waals surface area (Å²) in [5, 5.41) is 4.79. The predicted octanol–water partition coefficient (Wildman–Crippen LogP) is 3.36. The van der Waals surface area contributed by atoms with Crippen LogP contribution in [-0.2, 0) is 16.1 Å². The van der Waals surface area contributed by atoms with E-state index in [2.05, 4.69) is 36.1 Å². The Labute approximate surface area is 171 Å². The van der Waals surface area contributed by atoms with Gasteiger partial charge in [0.25, 0.3) is 0 Å². The lowest BCUT2D eigenvalue weighted by Crippen LogP contribution is -2.37. The fourth-order valence-corrected chi connectivity index (χ4v) is 3.48. The largest absolute Gasteiger partial charge is 0.378 e. The Kier molecular flexibility index (Phi) is 5.62. The van der Waals surface area contributed by atoms with Crippen LogP contribution in [0.2, 0.25) is 0 Å². The minimum Gasteiger partial charge on any atom is -0.378 e. The molecule has 1 aliphatic rings. The summed E-state index contributed by atoms with van der Waals surface area (Å²) in [5.41, 5.74) is 4.24. The molecule has 1 aliphatic heterocycles. The Bertz CT molecular complexity index is 960. The van der Waals surface area contributed by atoms with E-state index in [4.69, 9.17) is 9.84 Å². The van der Waals surface area contributed by atoms with Gasteiger partial charge in [-0.2, -0.15) is 5.10 Å². The van der Waals surface area contributed by atoms with Gasteiger partial charge >= 0.3 is 0 Å². The lowest BCUT2D eigenvalue weighted by molar-refractivity contribution is -0.119. The Morgan fingerprint density at radius 3 is 2.45 bits per heavy atom. The van der Waals surface area contributed by atoms with E-state index in [9.17, 15) is 4.79 Å². The zero-order valence-corrected chi connectivity index (χ0v) is 16.9. The third kappa shape index (κ3) is 4.32. The monoisotopic (exact) mass is 390 g/mol. The highest BCUT2D eigenvalue weighted by Crippen LogP contribution is 2.30. The minimum atomic E-state index is -0.0114. The normalized spacial score (nSPS) is 14.1. The molecule has 0 N–H and O–H groups in total. The molecular formula is C23H26N4O2. The van der Waals surface area contributed by atoms with Crippen molar-refractivity contribution in [2.45, 2.75) is 13.5 Å². The molecule has 150 valence electrons. The number of benzene rings is 2. The summed E-state index contributed by atoms with van der Waals surface area (Å²) in [7, 11) is 1.80. The number of anilines is 2.